The summed E-state index contributed by atoms with van der Waals surface area (Å²) in [6, 6.07) is 27.8. The molecular formula is C25H23ClN2O2S. The highest BCUT2D eigenvalue weighted by Crippen LogP contribution is 2.36. The Hall–Kier alpha value is -3.15. The summed E-state index contributed by atoms with van der Waals surface area (Å²) in [6.07, 6.45) is 0. The number of hydrogen-bond acceptors (Lipinski definition) is 4. The maximum Gasteiger partial charge on any atom is 0.298 e. The first-order chi connectivity index (χ1) is 15.1. The average molecular weight is 451 g/mol. The molecule has 0 spiro atoms. The fourth-order valence-corrected chi connectivity index (χ4v) is 3.47. The van der Waals surface area contributed by atoms with Gasteiger partial charge in [0.2, 0.25) is 5.76 Å². The van der Waals surface area contributed by atoms with E-state index >= 15 is 0 Å². The summed E-state index contributed by atoms with van der Waals surface area (Å²) in [5, 5.41) is 0.332. The molecule has 1 aliphatic heterocycles. The van der Waals surface area contributed by atoms with Gasteiger partial charge in [0.1, 0.15) is 0 Å². The molecule has 0 radical (unpaired) electrons. The lowest BCUT2D eigenvalue weighted by Crippen LogP contribution is -2.23. The molecule has 0 saturated carbocycles. The number of para-hydroxylation sites is 2. The highest BCUT2D eigenvalue weighted by Gasteiger charge is 2.33. The summed E-state index contributed by atoms with van der Waals surface area (Å²) >= 11 is 11.4. The molecule has 0 bridgehead atoms. The van der Waals surface area contributed by atoms with Crippen LogP contribution < -0.4 is 4.90 Å². The zero-order valence-corrected chi connectivity index (χ0v) is 19.2. The van der Waals surface area contributed by atoms with Crippen molar-refractivity contribution in [3.63, 3.8) is 0 Å². The lowest BCUT2D eigenvalue weighted by molar-refractivity contribution is -0.122. The zero-order chi connectivity index (χ0) is 22.4. The number of likely N-dealkylation sites (N-methyl/N-ethyl adjacent to an activating group) is 1. The average Bonchev–Trinajstić information content (AvgIpc) is 3.09. The van der Waals surface area contributed by atoms with Crippen LogP contribution in [0.4, 0.5) is 17.1 Å². The second-order valence-electron chi connectivity index (χ2n) is 6.43. The predicted molar refractivity (Wildman–Crippen MR) is 132 cm³/mol. The highest BCUT2D eigenvalue weighted by atomic mass is 35.5. The maximum atomic E-state index is 12.2. The van der Waals surface area contributed by atoms with E-state index in [1.165, 1.54) is 4.90 Å². The predicted octanol–water partition coefficient (Wildman–Crippen LogP) is 6.86. The van der Waals surface area contributed by atoms with E-state index in [9.17, 15) is 4.79 Å². The van der Waals surface area contributed by atoms with E-state index in [4.69, 9.17) is 28.6 Å². The molecule has 3 aromatic carbocycles. The molecule has 4 nitrogen and oxygen atoms in total. The van der Waals surface area contributed by atoms with Crippen LogP contribution in [0.1, 0.15) is 19.4 Å². The third kappa shape index (κ3) is 4.79. The molecule has 0 atom stereocenters. The van der Waals surface area contributed by atoms with Crippen molar-refractivity contribution in [1.29, 1.82) is 0 Å². The molecule has 1 amide bonds. The van der Waals surface area contributed by atoms with Crippen LogP contribution in [0.25, 0.3) is 5.03 Å². The van der Waals surface area contributed by atoms with Crippen molar-refractivity contribution in [2.75, 3.05) is 11.9 Å². The molecule has 158 valence electrons. The Balaban J connectivity index is 0.00000132. The van der Waals surface area contributed by atoms with Gasteiger partial charge in [-0.1, -0.05) is 74.0 Å². The van der Waals surface area contributed by atoms with E-state index in [1.807, 2.05) is 74.5 Å². The normalized spacial score (nSPS) is 14.5. The van der Waals surface area contributed by atoms with Crippen LogP contribution in [0, 0.1) is 0 Å². The Bertz CT molecular complexity index is 1040. The van der Waals surface area contributed by atoms with E-state index in [-0.39, 0.29) is 21.9 Å². The SMILES string of the molecule is CC.CN1C(=O)/C(=C(/Cl)c2ccc(N(c3ccccc3)c3ccccc3)cc2)OC1=S. The first-order valence-electron chi connectivity index (χ1n) is 9.96. The number of rotatable bonds is 4. The second kappa shape index (κ2) is 10.2. The molecule has 31 heavy (non-hydrogen) atoms. The topological polar surface area (TPSA) is 32.8 Å². The van der Waals surface area contributed by atoms with Gasteiger partial charge in [0.15, 0.2) is 0 Å². The van der Waals surface area contributed by atoms with Gasteiger partial charge in [-0.2, -0.15) is 0 Å². The van der Waals surface area contributed by atoms with Crippen molar-refractivity contribution in [2.45, 2.75) is 13.8 Å². The lowest BCUT2D eigenvalue weighted by Gasteiger charge is -2.25. The molecule has 4 rings (SSSR count). The molecular weight excluding hydrogens is 428 g/mol. The fraction of sp³-hybridized carbons (Fsp3) is 0.120. The zero-order valence-electron chi connectivity index (χ0n) is 17.6. The smallest absolute Gasteiger partial charge is 0.298 e. The van der Waals surface area contributed by atoms with Gasteiger partial charge in [-0.25, -0.2) is 0 Å². The standard InChI is InChI=1S/C23H17ClN2O2S.C2H6/c1-25-22(27)21(28-23(25)29)20(24)16-12-14-19(15-13-16)26(17-8-4-2-5-9-17)18-10-6-3-7-11-18;1-2/h2-15H,1H3;1-2H3/b21-20-;. The molecule has 0 unspecified atom stereocenters. The molecule has 1 fully saturated rings. The second-order valence-corrected chi connectivity index (χ2v) is 7.16. The van der Waals surface area contributed by atoms with Crippen LogP contribution in [0.3, 0.4) is 0 Å². The number of carbonyl (C=O) groups is 1. The van der Waals surface area contributed by atoms with Gasteiger partial charge < -0.3 is 9.64 Å². The molecule has 6 heteroatoms. The Morgan fingerprint density at radius 3 is 1.71 bits per heavy atom. The van der Waals surface area contributed by atoms with Crippen LogP contribution in [-0.4, -0.2) is 23.0 Å². The number of benzene rings is 3. The van der Waals surface area contributed by atoms with Crippen LogP contribution in [0.5, 0.6) is 0 Å². The summed E-state index contributed by atoms with van der Waals surface area (Å²) in [5.74, 6) is -0.297. The molecule has 0 aromatic heterocycles. The minimum absolute atomic E-state index is 0.0508. The summed E-state index contributed by atoms with van der Waals surface area (Å²) < 4.78 is 5.36. The van der Waals surface area contributed by atoms with Crippen LogP contribution in [-0.2, 0) is 9.53 Å². The van der Waals surface area contributed by atoms with Gasteiger partial charge in [-0.3, -0.25) is 9.69 Å². The number of carbonyl (C=O) groups excluding carboxylic acids is 1. The van der Waals surface area contributed by atoms with Crippen LogP contribution in [0.2, 0.25) is 0 Å². The molecule has 1 heterocycles. The first-order valence-corrected chi connectivity index (χ1v) is 10.7. The summed E-state index contributed by atoms with van der Waals surface area (Å²) in [7, 11) is 1.56. The summed E-state index contributed by atoms with van der Waals surface area (Å²) in [6.45, 7) is 4.00. The summed E-state index contributed by atoms with van der Waals surface area (Å²) in [4.78, 5) is 15.6. The highest BCUT2D eigenvalue weighted by molar-refractivity contribution is 7.80. The fourth-order valence-electron chi connectivity index (χ4n) is 3.06. The van der Waals surface area contributed by atoms with E-state index in [1.54, 1.807) is 7.05 Å². The Morgan fingerprint density at radius 1 is 0.839 bits per heavy atom. The van der Waals surface area contributed by atoms with E-state index < -0.39 is 0 Å². The number of nitrogens with zero attached hydrogens (tertiary/aromatic N) is 2. The van der Waals surface area contributed by atoms with Crippen molar-refractivity contribution in [2.24, 2.45) is 0 Å². The molecule has 1 aliphatic rings. The van der Waals surface area contributed by atoms with E-state index in [2.05, 4.69) is 29.2 Å². The lowest BCUT2D eigenvalue weighted by atomic mass is 10.1. The Kier molecular flexibility index (Phi) is 7.45. The maximum absolute atomic E-state index is 12.2. The van der Waals surface area contributed by atoms with Crippen molar-refractivity contribution in [3.8, 4) is 0 Å². The third-order valence-electron chi connectivity index (χ3n) is 4.57. The monoisotopic (exact) mass is 450 g/mol. The van der Waals surface area contributed by atoms with E-state index in [0.29, 0.717) is 5.56 Å². The minimum atomic E-state index is -0.348. The summed E-state index contributed by atoms with van der Waals surface area (Å²) in [5.41, 5.74) is 3.72. The molecule has 3 aromatic rings. The minimum Gasteiger partial charge on any atom is -0.424 e. The van der Waals surface area contributed by atoms with Crippen LogP contribution in [0.15, 0.2) is 90.7 Å². The van der Waals surface area contributed by atoms with Gasteiger partial charge in [0.05, 0.1) is 5.03 Å². The number of amides is 1. The number of ether oxygens (including phenoxy) is 1. The van der Waals surface area contributed by atoms with Gasteiger partial charge >= 0.3 is 0 Å². The van der Waals surface area contributed by atoms with Crippen molar-refractivity contribution in [3.05, 3.63) is 96.3 Å². The first kappa shape index (κ1) is 22.5. The van der Waals surface area contributed by atoms with E-state index in [0.717, 1.165) is 17.1 Å². The van der Waals surface area contributed by atoms with Gasteiger partial charge in [-0.15, -0.1) is 0 Å². The number of thiocarbonyl (C=S) groups is 1. The van der Waals surface area contributed by atoms with Crippen molar-refractivity contribution >= 4 is 57.0 Å². The largest absolute Gasteiger partial charge is 0.424 e. The van der Waals surface area contributed by atoms with Crippen molar-refractivity contribution in [1.82, 2.24) is 4.90 Å². The Labute approximate surface area is 193 Å². The van der Waals surface area contributed by atoms with Gasteiger partial charge in [-0.05, 0) is 54.2 Å². The Morgan fingerprint density at radius 2 is 1.29 bits per heavy atom. The van der Waals surface area contributed by atoms with Gasteiger partial charge in [0, 0.05) is 24.1 Å². The number of halogens is 1. The third-order valence-corrected chi connectivity index (χ3v) is 5.32. The quantitative estimate of drug-likeness (QED) is 0.321. The number of hydrogen-bond donors (Lipinski definition) is 0. The molecule has 0 N–H and O–H groups in total. The number of anilines is 3. The van der Waals surface area contributed by atoms with Crippen LogP contribution >= 0.6 is 23.8 Å². The molecule has 0 aliphatic carbocycles. The molecule has 1 saturated heterocycles. The van der Waals surface area contributed by atoms with Crippen molar-refractivity contribution < 1.29 is 9.53 Å². The van der Waals surface area contributed by atoms with Gasteiger partial charge in [0.25, 0.3) is 11.1 Å².